The number of fused-ring (bicyclic) bond motifs is 1. The van der Waals surface area contributed by atoms with Crippen LogP contribution < -0.4 is 9.80 Å². The monoisotopic (exact) mass is 421 g/mol. The van der Waals surface area contributed by atoms with Crippen LogP contribution in [0.3, 0.4) is 0 Å². The number of para-hydroxylation sites is 2. The number of thiazole rings is 1. The minimum absolute atomic E-state index is 0.116. The molecule has 3 aromatic rings. The Kier molecular flexibility index (Phi) is 5.72. The summed E-state index contributed by atoms with van der Waals surface area (Å²) in [7, 11) is 0. The molecule has 30 heavy (non-hydrogen) atoms. The number of anilines is 3. The van der Waals surface area contributed by atoms with Crippen LogP contribution in [-0.2, 0) is 16.0 Å². The molecule has 2 heterocycles. The molecule has 0 bridgehead atoms. The van der Waals surface area contributed by atoms with Gasteiger partial charge in [-0.15, -0.1) is 11.3 Å². The van der Waals surface area contributed by atoms with E-state index in [9.17, 15) is 14.0 Å². The van der Waals surface area contributed by atoms with Gasteiger partial charge in [-0.25, -0.2) is 9.37 Å². The van der Waals surface area contributed by atoms with Crippen LogP contribution in [0.5, 0.6) is 0 Å². The van der Waals surface area contributed by atoms with Crippen molar-refractivity contribution in [1.29, 1.82) is 0 Å². The van der Waals surface area contributed by atoms with Gasteiger partial charge in [-0.1, -0.05) is 30.3 Å². The maximum absolute atomic E-state index is 14.2. The van der Waals surface area contributed by atoms with E-state index in [1.807, 2.05) is 24.3 Å². The zero-order chi connectivity index (χ0) is 21.1. The predicted octanol–water partition coefficient (Wildman–Crippen LogP) is 4.96. The molecule has 4 rings (SSSR count). The number of aromatic nitrogens is 1. The quantitative estimate of drug-likeness (QED) is 0.560. The van der Waals surface area contributed by atoms with Crippen molar-refractivity contribution in [3.8, 4) is 0 Å². The smallest absolute Gasteiger partial charge is 0.251 e. The van der Waals surface area contributed by atoms with Crippen molar-refractivity contribution in [2.45, 2.75) is 19.8 Å². The van der Waals surface area contributed by atoms with Crippen molar-refractivity contribution >= 4 is 45.7 Å². The molecule has 1 aliphatic rings. The summed E-state index contributed by atoms with van der Waals surface area (Å²) in [6, 6.07) is 14.0. The minimum Gasteiger partial charge on any atom is -0.309 e. The molecule has 0 saturated heterocycles. The number of carbonyl (C=O) groups is 2. The van der Waals surface area contributed by atoms with Gasteiger partial charge in [0.15, 0.2) is 5.13 Å². The van der Waals surface area contributed by atoms with E-state index in [2.05, 4.69) is 4.98 Å². The van der Waals surface area contributed by atoms with E-state index in [1.54, 1.807) is 28.5 Å². The molecule has 0 fully saturated rings. The van der Waals surface area contributed by atoms with Crippen LogP contribution in [0.2, 0.25) is 0 Å². The van der Waals surface area contributed by atoms with Gasteiger partial charge in [0.2, 0.25) is 5.91 Å². The first-order valence-electron chi connectivity index (χ1n) is 9.63. The van der Waals surface area contributed by atoms with Crippen molar-refractivity contribution in [1.82, 2.24) is 4.98 Å². The second-order valence-corrected chi connectivity index (χ2v) is 7.75. The van der Waals surface area contributed by atoms with Crippen molar-refractivity contribution < 1.29 is 14.0 Å². The summed E-state index contributed by atoms with van der Waals surface area (Å²) in [6.07, 6.45) is 5.01. The van der Waals surface area contributed by atoms with Gasteiger partial charge >= 0.3 is 0 Å². The van der Waals surface area contributed by atoms with Gasteiger partial charge in [0.25, 0.3) is 5.91 Å². The van der Waals surface area contributed by atoms with Gasteiger partial charge in [-0.05, 0) is 42.7 Å². The molecular formula is C23H20FN3O2S. The summed E-state index contributed by atoms with van der Waals surface area (Å²) in [6.45, 7) is 2.04. The molecule has 0 atom stereocenters. The number of rotatable bonds is 4. The summed E-state index contributed by atoms with van der Waals surface area (Å²) < 4.78 is 14.2. The molecule has 152 valence electrons. The molecule has 5 nitrogen and oxygen atoms in total. The Bertz CT molecular complexity index is 1120. The number of aryl methyl sites for hydroxylation is 1. The van der Waals surface area contributed by atoms with Crippen molar-refractivity contribution in [2.75, 3.05) is 16.3 Å². The molecular weight excluding hydrogens is 401 g/mol. The molecule has 0 spiro atoms. The van der Waals surface area contributed by atoms with Crippen LogP contribution in [0, 0.1) is 5.82 Å². The lowest BCUT2D eigenvalue weighted by molar-refractivity contribution is -0.116. The Morgan fingerprint density at radius 2 is 1.93 bits per heavy atom. The number of amides is 2. The summed E-state index contributed by atoms with van der Waals surface area (Å²) in [5.41, 5.74) is 2.80. The van der Waals surface area contributed by atoms with Gasteiger partial charge < -0.3 is 4.90 Å². The third-order valence-corrected chi connectivity index (χ3v) is 5.73. The van der Waals surface area contributed by atoms with Crippen LogP contribution in [0.25, 0.3) is 6.08 Å². The van der Waals surface area contributed by atoms with Crippen LogP contribution in [0.15, 0.2) is 60.0 Å². The molecule has 2 amide bonds. The first-order valence-corrected chi connectivity index (χ1v) is 10.5. The van der Waals surface area contributed by atoms with Gasteiger partial charge in [0.05, 0.1) is 11.4 Å². The normalized spacial score (nSPS) is 13.3. The SMILES string of the molecule is CC(=O)N(c1nc(C=CC(=O)N2CCCc3ccccc32)cs1)c1ccccc1F. The third-order valence-electron chi connectivity index (χ3n) is 4.88. The number of halogens is 1. The number of carbonyl (C=O) groups excluding carboxylic acids is 2. The maximum Gasteiger partial charge on any atom is 0.251 e. The first-order chi connectivity index (χ1) is 14.5. The minimum atomic E-state index is -0.501. The highest BCUT2D eigenvalue weighted by atomic mass is 32.1. The highest BCUT2D eigenvalue weighted by molar-refractivity contribution is 7.14. The van der Waals surface area contributed by atoms with Crippen LogP contribution in [0.4, 0.5) is 20.9 Å². The van der Waals surface area contributed by atoms with E-state index >= 15 is 0 Å². The number of benzene rings is 2. The predicted molar refractivity (Wildman–Crippen MR) is 117 cm³/mol. The second kappa shape index (κ2) is 8.59. The molecule has 1 aliphatic heterocycles. The van der Waals surface area contributed by atoms with Crippen molar-refractivity contribution in [3.05, 3.63) is 77.1 Å². The number of hydrogen-bond acceptors (Lipinski definition) is 4. The van der Waals surface area contributed by atoms with Gasteiger partial charge in [-0.2, -0.15) is 0 Å². The Morgan fingerprint density at radius 3 is 2.73 bits per heavy atom. The van der Waals surface area contributed by atoms with Crippen LogP contribution in [0.1, 0.15) is 24.6 Å². The fourth-order valence-electron chi connectivity index (χ4n) is 3.51. The average molecular weight is 421 g/mol. The topological polar surface area (TPSA) is 53.5 Å². The Balaban J connectivity index is 1.55. The first kappa shape index (κ1) is 20.0. The lowest BCUT2D eigenvalue weighted by atomic mass is 10.0. The van der Waals surface area contributed by atoms with Crippen LogP contribution in [-0.4, -0.2) is 23.3 Å². The second-order valence-electron chi connectivity index (χ2n) is 6.92. The fourth-order valence-corrected chi connectivity index (χ4v) is 4.35. The standard InChI is InChI=1S/C23H20FN3O2S/c1-16(28)27(21-11-5-3-9-19(21)24)23-25-18(15-30-23)12-13-22(29)26-14-6-8-17-7-2-4-10-20(17)26/h2-5,7,9-13,15H,6,8,14H2,1H3. The van der Waals surface area contributed by atoms with Crippen LogP contribution >= 0.6 is 11.3 Å². The molecule has 0 unspecified atom stereocenters. The molecule has 0 N–H and O–H groups in total. The third kappa shape index (κ3) is 4.02. The van der Waals surface area contributed by atoms with E-state index in [0.717, 1.165) is 18.5 Å². The zero-order valence-corrected chi connectivity index (χ0v) is 17.2. The van der Waals surface area contributed by atoms with Gasteiger partial charge in [0, 0.05) is 30.6 Å². The Labute approximate surface area is 178 Å². The zero-order valence-electron chi connectivity index (χ0n) is 16.4. The maximum atomic E-state index is 14.2. The van der Waals surface area contributed by atoms with Gasteiger partial charge in [0.1, 0.15) is 5.82 Å². The number of hydrogen-bond donors (Lipinski definition) is 0. The summed E-state index contributed by atoms with van der Waals surface area (Å²) in [5, 5.41) is 2.09. The average Bonchev–Trinajstić information content (AvgIpc) is 3.21. The summed E-state index contributed by atoms with van der Waals surface area (Å²) in [4.78, 5) is 32.3. The molecule has 2 aromatic carbocycles. The van der Waals surface area contributed by atoms with E-state index in [0.29, 0.717) is 17.4 Å². The van der Waals surface area contributed by atoms with E-state index in [1.165, 1.54) is 46.9 Å². The highest BCUT2D eigenvalue weighted by Gasteiger charge is 2.22. The van der Waals surface area contributed by atoms with E-state index in [-0.39, 0.29) is 17.5 Å². The lowest BCUT2D eigenvalue weighted by Crippen LogP contribution is -2.34. The van der Waals surface area contributed by atoms with Gasteiger partial charge in [-0.3, -0.25) is 14.5 Å². The summed E-state index contributed by atoms with van der Waals surface area (Å²) in [5.74, 6) is -0.959. The van der Waals surface area contributed by atoms with E-state index < -0.39 is 5.82 Å². The largest absolute Gasteiger partial charge is 0.309 e. The summed E-state index contributed by atoms with van der Waals surface area (Å²) >= 11 is 1.22. The lowest BCUT2D eigenvalue weighted by Gasteiger charge is -2.28. The fraction of sp³-hybridized carbons (Fsp3) is 0.174. The molecule has 0 radical (unpaired) electrons. The molecule has 0 aliphatic carbocycles. The molecule has 1 aromatic heterocycles. The molecule has 7 heteroatoms. The van der Waals surface area contributed by atoms with Crippen molar-refractivity contribution in [3.63, 3.8) is 0 Å². The van der Waals surface area contributed by atoms with E-state index in [4.69, 9.17) is 0 Å². The Hall–Kier alpha value is -3.32. The Morgan fingerprint density at radius 1 is 1.17 bits per heavy atom. The van der Waals surface area contributed by atoms with Crippen molar-refractivity contribution in [2.24, 2.45) is 0 Å². The number of nitrogens with zero attached hydrogens (tertiary/aromatic N) is 3. The highest BCUT2D eigenvalue weighted by Crippen LogP contribution is 2.31. The molecule has 0 saturated carbocycles.